The topological polar surface area (TPSA) is 95.4 Å². The number of anilines is 1. The lowest BCUT2D eigenvalue weighted by Gasteiger charge is -2.18. The number of hydrogen-bond donors (Lipinski definition) is 2. The summed E-state index contributed by atoms with van der Waals surface area (Å²) in [7, 11) is 3.60. The predicted octanol–water partition coefficient (Wildman–Crippen LogP) is 0.290. The highest BCUT2D eigenvalue weighted by Crippen LogP contribution is 2.20. The molecule has 0 atom stereocenters. The molecule has 2 aromatic rings. The number of carbonyl (C=O) groups is 1. The van der Waals surface area contributed by atoms with Crippen LogP contribution in [-0.4, -0.2) is 34.7 Å². The molecule has 0 unspecified atom stereocenters. The highest BCUT2D eigenvalue weighted by molar-refractivity contribution is 5.86. The van der Waals surface area contributed by atoms with Crippen molar-refractivity contribution in [3.63, 3.8) is 0 Å². The first kappa shape index (κ1) is 13.6. The first-order valence-electron chi connectivity index (χ1n) is 5.78. The monoisotopic (exact) mass is 275 g/mol. The van der Waals surface area contributed by atoms with Gasteiger partial charge in [-0.25, -0.2) is 9.59 Å². The maximum Gasteiger partial charge on any atom is 0.342 e. The zero-order valence-corrected chi connectivity index (χ0v) is 11.0. The molecule has 0 spiro atoms. The zero-order valence-electron chi connectivity index (χ0n) is 11.0. The van der Waals surface area contributed by atoms with Crippen LogP contribution in [0.15, 0.2) is 40.1 Å². The minimum absolute atomic E-state index is 0.487. The second-order valence-corrected chi connectivity index (χ2v) is 4.36. The van der Waals surface area contributed by atoms with Crippen molar-refractivity contribution in [2.24, 2.45) is 0 Å². The summed E-state index contributed by atoms with van der Waals surface area (Å²) in [5.74, 6) is -1.39. The molecule has 0 aliphatic carbocycles. The molecule has 2 N–H and O–H groups in total. The van der Waals surface area contributed by atoms with Crippen molar-refractivity contribution >= 4 is 11.7 Å². The fourth-order valence-electron chi connectivity index (χ4n) is 1.85. The first-order chi connectivity index (χ1) is 9.41. The number of rotatable bonds is 3. The Hall–Kier alpha value is -2.83. The molecule has 1 heterocycles. The number of para-hydroxylation sites is 2. The van der Waals surface area contributed by atoms with Crippen LogP contribution in [0.2, 0.25) is 0 Å². The molecule has 104 valence electrons. The summed E-state index contributed by atoms with van der Waals surface area (Å²) >= 11 is 0. The van der Waals surface area contributed by atoms with Crippen molar-refractivity contribution in [1.82, 2.24) is 9.55 Å². The maximum absolute atomic E-state index is 11.9. The number of nitrogens with zero attached hydrogens (tertiary/aromatic N) is 2. The highest BCUT2D eigenvalue weighted by atomic mass is 16.4. The van der Waals surface area contributed by atoms with E-state index in [1.807, 2.05) is 4.98 Å². The van der Waals surface area contributed by atoms with Crippen LogP contribution < -0.4 is 16.1 Å². The van der Waals surface area contributed by atoms with Gasteiger partial charge in [0.2, 0.25) is 0 Å². The van der Waals surface area contributed by atoms with Gasteiger partial charge in [-0.1, -0.05) is 12.1 Å². The molecule has 0 fully saturated rings. The van der Waals surface area contributed by atoms with Gasteiger partial charge in [0, 0.05) is 20.3 Å². The van der Waals surface area contributed by atoms with Gasteiger partial charge in [-0.3, -0.25) is 14.3 Å². The predicted molar refractivity (Wildman–Crippen MR) is 73.9 cm³/mol. The van der Waals surface area contributed by atoms with Gasteiger partial charge >= 0.3 is 11.7 Å². The van der Waals surface area contributed by atoms with Gasteiger partial charge < -0.3 is 10.0 Å². The quantitative estimate of drug-likeness (QED) is 0.839. The second kappa shape index (κ2) is 5.04. The van der Waals surface area contributed by atoms with Gasteiger partial charge in [0.1, 0.15) is 5.56 Å². The molecule has 1 aromatic heterocycles. The number of benzene rings is 1. The molecule has 1 aromatic carbocycles. The van der Waals surface area contributed by atoms with Crippen LogP contribution >= 0.6 is 0 Å². The second-order valence-electron chi connectivity index (χ2n) is 4.36. The number of H-pyrrole nitrogens is 1. The minimum atomic E-state index is -1.39. The lowest BCUT2D eigenvalue weighted by molar-refractivity contribution is 0.0694. The summed E-state index contributed by atoms with van der Waals surface area (Å²) in [4.78, 5) is 38.1. The van der Waals surface area contributed by atoms with E-state index in [0.29, 0.717) is 5.69 Å². The molecule has 7 heteroatoms. The van der Waals surface area contributed by atoms with Crippen molar-refractivity contribution in [2.75, 3.05) is 19.0 Å². The number of carboxylic acids is 1. The molecule has 0 amide bonds. The Balaban J connectivity index is 2.77. The van der Waals surface area contributed by atoms with E-state index in [4.69, 9.17) is 5.11 Å². The van der Waals surface area contributed by atoms with E-state index < -0.39 is 22.8 Å². The number of hydrogen-bond acceptors (Lipinski definition) is 4. The molecule has 20 heavy (non-hydrogen) atoms. The van der Waals surface area contributed by atoms with Crippen molar-refractivity contribution < 1.29 is 9.90 Å². The number of aromatic carboxylic acids is 1. The molecular weight excluding hydrogens is 262 g/mol. The molecule has 2 rings (SSSR count). The molecule has 0 radical (unpaired) electrons. The van der Waals surface area contributed by atoms with Crippen molar-refractivity contribution in [3.05, 3.63) is 56.9 Å². The normalized spacial score (nSPS) is 10.3. The molecular formula is C13H13N3O4. The highest BCUT2D eigenvalue weighted by Gasteiger charge is 2.14. The molecule has 7 nitrogen and oxygen atoms in total. The van der Waals surface area contributed by atoms with E-state index in [1.54, 1.807) is 43.3 Å². The van der Waals surface area contributed by atoms with Gasteiger partial charge in [-0.15, -0.1) is 0 Å². The Bertz CT molecular complexity index is 774. The van der Waals surface area contributed by atoms with Crippen LogP contribution in [0.4, 0.5) is 5.69 Å². The third-order valence-corrected chi connectivity index (χ3v) is 2.80. The van der Waals surface area contributed by atoms with Crippen molar-refractivity contribution in [1.29, 1.82) is 0 Å². The summed E-state index contributed by atoms with van der Waals surface area (Å²) in [6, 6.07) is 6.97. The van der Waals surface area contributed by atoms with Crippen LogP contribution in [0, 0.1) is 0 Å². The third-order valence-electron chi connectivity index (χ3n) is 2.80. The average Bonchev–Trinajstić information content (AvgIpc) is 2.38. The smallest absolute Gasteiger partial charge is 0.342 e. The van der Waals surface area contributed by atoms with Crippen molar-refractivity contribution in [2.45, 2.75) is 0 Å². The van der Waals surface area contributed by atoms with Gasteiger partial charge in [0.25, 0.3) is 5.56 Å². The first-order valence-corrected chi connectivity index (χ1v) is 5.78. The molecule has 0 aliphatic heterocycles. The van der Waals surface area contributed by atoms with E-state index in [0.717, 1.165) is 16.5 Å². The summed E-state index contributed by atoms with van der Waals surface area (Å²) in [5.41, 5.74) is -0.882. The Morgan fingerprint density at radius 3 is 2.50 bits per heavy atom. The molecule has 0 saturated carbocycles. The lowest BCUT2D eigenvalue weighted by Crippen LogP contribution is -2.33. The van der Waals surface area contributed by atoms with Crippen molar-refractivity contribution in [3.8, 4) is 5.69 Å². The SMILES string of the molecule is CN(C)c1ccccc1-n1cc(C(=O)O)c(=O)[nH]c1=O. The Morgan fingerprint density at radius 2 is 1.90 bits per heavy atom. The molecule has 0 aliphatic rings. The third kappa shape index (κ3) is 2.33. The maximum atomic E-state index is 11.9. The van der Waals surface area contributed by atoms with Gasteiger partial charge in [-0.2, -0.15) is 0 Å². The van der Waals surface area contributed by atoms with Crippen LogP contribution in [-0.2, 0) is 0 Å². The van der Waals surface area contributed by atoms with Crippen LogP contribution in [0.1, 0.15) is 10.4 Å². The van der Waals surface area contributed by atoms with E-state index in [1.165, 1.54) is 0 Å². The van der Waals surface area contributed by atoms with E-state index in [9.17, 15) is 14.4 Å². The summed E-state index contributed by atoms with van der Waals surface area (Å²) in [6.45, 7) is 0. The zero-order chi connectivity index (χ0) is 14.9. The van der Waals surface area contributed by atoms with E-state index >= 15 is 0 Å². The Morgan fingerprint density at radius 1 is 1.25 bits per heavy atom. The Labute approximate surface area is 113 Å². The minimum Gasteiger partial charge on any atom is -0.477 e. The van der Waals surface area contributed by atoms with E-state index in [2.05, 4.69) is 0 Å². The number of carboxylic acid groups (broad SMARTS) is 1. The fourth-order valence-corrected chi connectivity index (χ4v) is 1.85. The Kier molecular flexibility index (Phi) is 3.43. The standard InChI is InChI=1S/C13H13N3O4/c1-15(2)9-5-3-4-6-10(9)16-7-8(12(18)19)11(17)14-13(16)20/h3-7H,1-2H3,(H,18,19)(H,14,17,20). The number of aromatic nitrogens is 2. The van der Waals surface area contributed by atoms with Crippen LogP contribution in [0.25, 0.3) is 5.69 Å². The molecule has 0 saturated heterocycles. The van der Waals surface area contributed by atoms with Gasteiger partial charge in [0.05, 0.1) is 11.4 Å². The van der Waals surface area contributed by atoms with Crippen LogP contribution in [0.5, 0.6) is 0 Å². The van der Waals surface area contributed by atoms with Gasteiger partial charge in [-0.05, 0) is 12.1 Å². The van der Waals surface area contributed by atoms with Crippen LogP contribution in [0.3, 0.4) is 0 Å². The summed E-state index contributed by atoms with van der Waals surface area (Å²) < 4.78 is 1.11. The number of nitrogens with one attached hydrogen (secondary N) is 1. The summed E-state index contributed by atoms with van der Waals surface area (Å²) in [6.07, 6.45) is 1.03. The van der Waals surface area contributed by atoms with E-state index in [-0.39, 0.29) is 0 Å². The lowest BCUT2D eigenvalue weighted by atomic mass is 10.2. The van der Waals surface area contributed by atoms with Gasteiger partial charge in [0.15, 0.2) is 0 Å². The fraction of sp³-hybridized carbons (Fsp3) is 0.154. The number of aromatic amines is 1. The molecule has 0 bridgehead atoms. The summed E-state index contributed by atoms with van der Waals surface area (Å²) in [5, 5.41) is 8.96. The average molecular weight is 275 g/mol. The largest absolute Gasteiger partial charge is 0.477 e.